The maximum atomic E-state index is 9.60. The van der Waals surface area contributed by atoms with E-state index in [1.807, 2.05) is 12.1 Å². The monoisotopic (exact) mass is 324 g/mol. The zero-order chi connectivity index (χ0) is 17.7. The van der Waals surface area contributed by atoms with E-state index in [1.54, 1.807) is 25.1 Å². The number of nitrogen functional groups attached to an aromatic ring is 1. The Morgan fingerprint density at radius 2 is 1.83 bits per heavy atom. The maximum absolute atomic E-state index is 9.60. The quantitative estimate of drug-likeness (QED) is 0.898. The van der Waals surface area contributed by atoms with Gasteiger partial charge in [-0.1, -0.05) is 0 Å². The van der Waals surface area contributed by atoms with Crippen LogP contribution in [0.4, 0.5) is 5.82 Å². The van der Waals surface area contributed by atoms with E-state index in [0.29, 0.717) is 29.2 Å². The second kappa shape index (κ2) is 7.21. The van der Waals surface area contributed by atoms with Gasteiger partial charge in [0.2, 0.25) is 5.88 Å². The molecule has 7 nitrogen and oxygen atoms in total. The second-order valence-corrected chi connectivity index (χ2v) is 4.65. The molecule has 0 radical (unpaired) electrons. The standard InChI is InChI=1S/C17H16N4O3/c1-4-24-17-13(9-19)15(12(8-18)16(20)21-17)11-7-10(22-2)5-6-14(11)23-3/h5-7H,4H2,1-3H3,(H2,20,21). The summed E-state index contributed by atoms with van der Waals surface area (Å²) >= 11 is 0. The number of methoxy groups -OCH3 is 2. The highest BCUT2D eigenvalue weighted by Gasteiger charge is 2.23. The molecule has 24 heavy (non-hydrogen) atoms. The molecule has 0 aliphatic rings. The van der Waals surface area contributed by atoms with Crippen molar-refractivity contribution in [3.05, 3.63) is 29.3 Å². The Morgan fingerprint density at radius 1 is 1.12 bits per heavy atom. The average Bonchev–Trinajstić information content (AvgIpc) is 2.60. The first-order chi connectivity index (χ1) is 11.6. The molecule has 0 fully saturated rings. The van der Waals surface area contributed by atoms with Gasteiger partial charge in [-0.25, -0.2) is 0 Å². The molecule has 0 unspecified atom stereocenters. The predicted octanol–water partition coefficient (Wildman–Crippen LogP) is 2.49. The Kier molecular flexibility index (Phi) is 5.08. The minimum Gasteiger partial charge on any atom is -0.497 e. The molecule has 0 aliphatic carbocycles. The van der Waals surface area contributed by atoms with Crippen molar-refractivity contribution in [3.8, 4) is 40.6 Å². The van der Waals surface area contributed by atoms with Crippen molar-refractivity contribution in [2.45, 2.75) is 6.92 Å². The molecular weight excluding hydrogens is 308 g/mol. The lowest BCUT2D eigenvalue weighted by molar-refractivity contribution is 0.326. The Bertz CT molecular complexity index is 850. The molecule has 0 saturated carbocycles. The van der Waals surface area contributed by atoms with Gasteiger partial charge in [0.05, 0.1) is 20.8 Å². The van der Waals surface area contributed by atoms with Crippen molar-refractivity contribution in [2.24, 2.45) is 0 Å². The fraction of sp³-hybridized carbons (Fsp3) is 0.235. The highest BCUT2D eigenvalue weighted by atomic mass is 16.5. The Labute approximate surface area is 139 Å². The number of nitrogens with two attached hydrogens (primary N) is 1. The predicted molar refractivity (Wildman–Crippen MR) is 87.8 cm³/mol. The van der Waals surface area contributed by atoms with Gasteiger partial charge in [-0.3, -0.25) is 0 Å². The fourth-order valence-corrected chi connectivity index (χ4v) is 2.32. The lowest BCUT2D eigenvalue weighted by atomic mass is 9.95. The summed E-state index contributed by atoms with van der Waals surface area (Å²) in [6, 6.07) is 9.13. The molecule has 0 amide bonds. The van der Waals surface area contributed by atoms with Crippen LogP contribution in [-0.2, 0) is 0 Å². The lowest BCUT2D eigenvalue weighted by Gasteiger charge is -2.16. The summed E-state index contributed by atoms with van der Waals surface area (Å²) in [6.07, 6.45) is 0. The Morgan fingerprint density at radius 3 is 2.38 bits per heavy atom. The molecule has 0 atom stereocenters. The zero-order valence-corrected chi connectivity index (χ0v) is 13.6. The third-order valence-corrected chi connectivity index (χ3v) is 3.37. The molecule has 1 heterocycles. The number of aromatic nitrogens is 1. The van der Waals surface area contributed by atoms with E-state index in [9.17, 15) is 10.5 Å². The molecule has 0 saturated heterocycles. The van der Waals surface area contributed by atoms with E-state index >= 15 is 0 Å². The largest absolute Gasteiger partial charge is 0.497 e. The minimum absolute atomic E-state index is 0.0141. The molecule has 2 N–H and O–H groups in total. The van der Waals surface area contributed by atoms with Gasteiger partial charge in [0.1, 0.15) is 40.6 Å². The Balaban J connectivity index is 2.92. The molecule has 1 aromatic heterocycles. The van der Waals surface area contributed by atoms with Gasteiger partial charge in [-0.2, -0.15) is 15.5 Å². The summed E-state index contributed by atoms with van der Waals surface area (Å²) in [4.78, 5) is 4.03. The van der Waals surface area contributed by atoms with Gasteiger partial charge in [0, 0.05) is 11.1 Å². The van der Waals surface area contributed by atoms with Crippen LogP contribution in [0.2, 0.25) is 0 Å². The van der Waals surface area contributed by atoms with Crippen molar-refractivity contribution in [1.82, 2.24) is 4.98 Å². The van der Waals surface area contributed by atoms with Crippen LogP contribution in [0.5, 0.6) is 17.4 Å². The highest BCUT2D eigenvalue weighted by Crippen LogP contribution is 2.41. The first-order valence-corrected chi connectivity index (χ1v) is 7.10. The lowest BCUT2D eigenvalue weighted by Crippen LogP contribution is -2.06. The third kappa shape index (κ3) is 2.88. The summed E-state index contributed by atoms with van der Waals surface area (Å²) in [5.74, 6) is 1.08. The zero-order valence-electron chi connectivity index (χ0n) is 13.6. The second-order valence-electron chi connectivity index (χ2n) is 4.65. The molecule has 2 rings (SSSR count). The molecule has 0 spiro atoms. The summed E-state index contributed by atoms with van der Waals surface area (Å²) in [5, 5.41) is 19.1. The van der Waals surface area contributed by atoms with Gasteiger partial charge >= 0.3 is 0 Å². The van der Waals surface area contributed by atoms with Crippen molar-refractivity contribution in [2.75, 3.05) is 26.6 Å². The summed E-state index contributed by atoms with van der Waals surface area (Å²) in [6.45, 7) is 2.07. The van der Waals surface area contributed by atoms with Crippen LogP contribution >= 0.6 is 0 Å². The van der Waals surface area contributed by atoms with Crippen molar-refractivity contribution in [3.63, 3.8) is 0 Å². The van der Waals surface area contributed by atoms with Crippen LogP contribution in [-0.4, -0.2) is 25.8 Å². The Hall–Kier alpha value is -3.45. The average molecular weight is 324 g/mol. The van der Waals surface area contributed by atoms with E-state index in [0.717, 1.165) is 0 Å². The first kappa shape index (κ1) is 16.9. The number of pyridine rings is 1. The van der Waals surface area contributed by atoms with Gasteiger partial charge in [0.15, 0.2) is 0 Å². The van der Waals surface area contributed by atoms with Crippen LogP contribution in [0.15, 0.2) is 18.2 Å². The van der Waals surface area contributed by atoms with E-state index in [4.69, 9.17) is 19.9 Å². The van der Waals surface area contributed by atoms with Crippen LogP contribution in [0, 0.1) is 22.7 Å². The fourth-order valence-electron chi connectivity index (χ4n) is 2.32. The highest BCUT2D eigenvalue weighted by molar-refractivity contribution is 5.86. The van der Waals surface area contributed by atoms with Crippen LogP contribution in [0.3, 0.4) is 0 Å². The molecular formula is C17H16N4O3. The molecule has 0 bridgehead atoms. The van der Waals surface area contributed by atoms with Crippen LogP contribution < -0.4 is 19.9 Å². The molecule has 7 heteroatoms. The number of ether oxygens (including phenoxy) is 3. The van der Waals surface area contributed by atoms with Crippen LogP contribution in [0.1, 0.15) is 18.1 Å². The number of hydrogen-bond acceptors (Lipinski definition) is 7. The van der Waals surface area contributed by atoms with Crippen molar-refractivity contribution < 1.29 is 14.2 Å². The topological polar surface area (TPSA) is 114 Å². The SMILES string of the molecule is CCOc1nc(N)c(C#N)c(-c2cc(OC)ccc2OC)c1C#N. The number of rotatable bonds is 5. The van der Waals surface area contributed by atoms with E-state index in [1.165, 1.54) is 14.2 Å². The van der Waals surface area contributed by atoms with Gasteiger partial charge in [0.25, 0.3) is 0 Å². The number of nitriles is 2. The van der Waals surface area contributed by atoms with Gasteiger partial charge in [-0.05, 0) is 25.1 Å². The summed E-state index contributed by atoms with van der Waals surface area (Å²) < 4.78 is 16.0. The van der Waals surface area contributed by atoms with Gasteiger partial charge < -0.3 is 19.9 Å². The number of hydrogen-bond donors (Lipinski definition) is 1. The first-order valence-electron chi connectivity index (χ1n) is 7.10. The van der Waals surface area contributed by atoms with E-state index in [2.05, 4.69) is 4.98 Å². The smallest absolute Gasteiger partial charge is 0.234 e. The van der Waals surface area contributed by atoms with Gasteiger partial charge in [-0.15, -0.1) is 0 Å². The van der Waals surface area contributed by atoms with Crippen molar-refractivity contribution in [1.29, 1.82) is 10.5 Å². The molecule has 2 aromatic rings. The molecule has 1 aromatic carbocycles. The third-order valence-electron chi connectivity index (χ3n) is 3.37. The van der Waals surface area contributed by atoms with Crippen LogP contribution in [0.25, 0.3) is 11.1 Å². The summed E-state index contributed by atoms with van der Waals surface area (Å²) in [7, 11) is 3.02. The van der Waals surface area contributed by atoms with E-state index < -0.39 is 0 Å². The van der Waals surface area contributed by atoms with E-state index in [-0.39, 0.29) is 22.8 Å². The normalized spacial score (nSPS) is 9.71. The number of benzene rings is 1. The maximum Gasteiger partial charge on any atom is 0.234 e. The minimum atomic E-state index is -0.0141. The number of anilines is 1. The van der Waals surface area contributed by atoms with Crippen molar-refractivity contribution >= 4 is 5.82 Å². The number of nitrogens with zero attached hydrogens (tertiary/aromatic N) is 3. The summed E-state index contributed by atoms with van der Waals surface area (Å²) in [5.41, 5.74) is 6.91. The molecule has 122 valence electrons. The molecule has 0 aliphatic heterocycles.